The minimum atomic E-state index is -3.69. The molecule has 1 fully saturated rings. The fourth-order valence-corrected chi connectivity index (χ4v) is 4.29. The molecule has 5 nitrogen and oxygen atoms in total. The summed E-state index contributed by atoms with van der Waals surface area (Å²) in [6.07, 6.45) is 1.14. The standard InChI is InChI=1S/C15H20BrNO4S/c1-15(2,3)21-14(18)13-5-4-10-17(13)22(19,20)12-8-6-11(16)7-9-12/h6-9,13H,4-5,10H2,1-3H3/t13-/m0/s1. The van der Waals surface area contributed by atoms with Crippen molar-refractivity contribution in [1.82, 2.24) is 4.31 Å². The molecular weight excluding hydrogens is 370 g/mol. The summed E-state index contributed by atoms with van der Waals surface area (Å²) < 4.78 is 32.9. The normalized spacial score (nSPS) is 20.1. The van der Waals surface area contributed by atoms with Gasteiger partial charge in [-0.3, -0.25) is 4.79 Å². The monoisotopic (exact) mass is 389 g/mol. The average molecular weight is 390 g/mol. The molecule has 1 aromatic rings. The van der Waals surface area contributed by atoms with E-state index in [2.05, 4.69) is 15.9 Å². The van der Waals surface area contributed by atoms with Crippen molar-refractivity contribution in [3.63, 3.8) is 0 Å². The highest BCUT2D eigenvalue weighted by Crippen LogP contribution is 2.28. The highest BCUT2D eigenvalue weighted by molar-refractivity contribution is 9.10. The molecule has 122 valence electrons. The lowest BCUT2D eigenvalue weighted by molar-refractivity contribution is -0.158. The largest absolute Gasteiger partial charge is 0.459 e. The van der Waals surface area contributed by atoms with E-state index < -0.39 is 27.6 Å². The first-order chi connectivity index (χ1) is 10.1. The topological polar surface area (TPSA) is 63.7 Å². The van der Waals surface area contributed by atoms with Crippen LogP contribution in [0.15, 0.2) is 33.6 Å². The van der Waals surface area contributed by atoms with E-state index in [1.54, 1.807) is 32.9 Å². The molecule has 0 saturated carbocycles. The molecule has 2 rings (SSSR count). The maximum atomic E-state index is 12.7. The third-order valence-corrected chi connectivity index (χ3v) is 5.75. The molecule has 1 aliphatic rings. The molecule has 0 unspecified atom stereocenters. The number of benzene rings is 1. The summed E-state index contributed by atoms with van der Waals surface area (Å²) in [5.41, 5.74) is -0.632. The number of ether oxygens (including phenoxy) is 1. The van der Waals surface area contributed by atoms with Gasteiger partial charge >= 0.3 is 5.97 Å². The molecule has 1 atom stereocenters. The van der Waals surface area contributed by atoms with Crippen molar-refractivity contribution >= 4 is 31.9 Å². The molecule has 0 aliphatic carbocycles. The van der Waals surface area contributed by atoms with Crippen LogP contribution in [0.1, 0.15) is 33.6 Å². The minimum absolute atomic E-state index is 0.186. The molecule has 1 aliphatic heterocycles. The highest BCUT2D eigenvalue weighted by Gasteiger charge is 2.41. The Kier molecular flexibility index (Phi) is 4.99. The number of esters is 1. The van der Waals surface area contributed by atoms with Crippen molar-refractivity contribution in [3.8, 4) is 0 Å². The van der Waals surface area contributed by atoms with Crippen molar-refractivity contribution in [2.24, 2.45) is 0 Å². The number of halogens is 1. The van der Waals surface area contributed by atoms with Gasteiger partial charge in [0.15, 0.2) is 0 Å². The number of carbonyl (C=O) groups is 1. The lowest BCUT2D eigenvalue weighted by Gasteiger charge is -2.27. The van der Waals surface area contributed by atoms with Crippen LogP contribution in [-0.4, -0.2) is 36.9 Å². The van der Waals surface area contributed by atoms with Crippen molar-refractivity contribution < 1.29 is 17.9 Å². The third kappa shape index (κ3) is 3.88. The zero-order chi connectivity index (χ0) is 16.5. The van der Waals surface area contributed by atoms with Crippen LogP contribution in [0.5, 0.6) is 0 Å². The molecule has 0 amide bonds. The van der Waals surface area contributed by atoms with Crippen LogP contribution in [-0.2, 0) is 19.6 Å². The summed E-state index contributed by atoms with van der Waals surface area (Å²) in [6.45, 7) is 5.65. The van der Waals surface area contributed by atoms with Crippen LogP contribution in [0.4, 0.5) is 0 Å². The van der Waals surface area contributed by atoms with E-state index in [0.29, 0.717) is 19.4 Å². The highest BCUT2D eigenvalue weighted by atomic mass is 79.9. The van der Waals surface area contributed by atoms with Crippen molar-refractivity contribution in [2.75, 3.05) is 6.54 Å². The number of hydrogen-bond donors (Lipinski definition) is 0. The van der Waals surface area contributed by atoms with Crippen molar-refractivity contribution in [2.45, 2.75) is 50.2 Å². The van der Waals surface area contributed by atoms with Gasteiger partial charge in [-0.25, -0.2) is 8.42 Å². The zero-order valence-corrected chi connectivity index (χ0v) is 15.3. The molecule has 1 saturated heterocycles. The fourth-order valence-electron chi connectivity index (χ4n) is 2.38. The van der Waals surface area contributed by atoms with Gasteiger partial charge in [0.05, 0.1) is 4.90 Å². The molecule has 0 aromatic heterocycles. The Morgan fingerprint density at radius 3 is 2.41 bits per heavy atom. The molecule has 0 spiro atoms. The molecule has 7 heteroatoms. The SMILES string of the molecule is CC(C)(C)OC(=O)[C@@H]1CCCN1S(=O)(=O)c1ccc(Br)cc1. The third-order valence-electron chi connectivity index (χ3n) is 3.30. The van der Waals surface area contributed by atoms with Crippen LogP contribution >= 0.6 is 15.9 Å². The lowest BCUT2D eigenvalue weighted by Crippen LogP contribution is -2.43. The zero-order valence-electron chi connectivity index (χ0n) is 12.9. The molecule has 0 bridgehead atoms. The summed E-state index contributed by atoms with van der Waals surface area (Å²) in [7, 11) is -3.69. The number of hydrogen-bond acceptors (Lipinski definition) is 4. The summed E-state index contributed by atoms with van der Waals surface area (Å²) in [4.78, 5) is 12.5. The second-order valence-electron chi connectivity index (χ2n) is 6.26. The van der Waals surface area contributed by atoms with Gasteiger partial charge in [0, 0.05) is 11.0 Å². The Bertz CT molecular complexity index is 649. The second-order valence-corrected chi connectivity index (χ2v) is 9.07. The van der Waals surface area contributed by atoms with Crippen LogP contribution in [0, 0.1) is 0 Å². The number of sulfonamides is 1. The van der Waals surface area contributed by atoms with Crippen molar-refractivity contribution in [1.29, 1.82) is 0 Å². The Morgan fingerprint density at radius 1 is 1.27 bits per heavy atom. The molecule has 0 N–H and O–H groups in total. The molecule has 1 aromatic carbocycles. The first kappa shape index (κ1) is 17.4. The molecular formula is C15H20BrNO4S. The van der Waals surface area contributed by atoms with Crippen LogP contribution in [0.3, 0.4) is 0 Å². The van der Waals surface area contributed by atoms with Gasteiger partial charge in [-0.05, 0) is 57.9 Å². The van der Waals surface area contributed by atoms with Gasteiger partial charge in [0.25, 0.3) is 0 Å². The van der Waals surface area contributed by atoms with Crippen LogP contribution < -0.4 is 0 Å². The van der Waals surface area contributed by atoms with Gasteiger partial charge in [-0.2, -0.15) is 4.31 Å². The maximum absolute atomic E-state index is 12.7. The molecule has 22 heavy (non-hydrogen) atoms. The van der Waals surface area contributed by atoms with Gasteiger partial charge < -0.3 is 4.74 Å². The number of carbonyl (C=O) groups excluding carboxylic acids is 1. The van der Waals surface area contributed by atoms with Gasteiger partial charge in [-0.15, -0.1) is 0 Å². The summed E-state index contributed by atoms with van der Waals surface area (Å²) >= 11 is 3.28. The Hall–Kier alpha value is -0.920. The molecule has 0 radical (unpaired) electrons. The maximum Gasteiger partial charge on any atom is 0.324 e. The Labute approximate surface area is 139 Å². The van der Waals surface area contributed by atoms with E-state index >= 15 is 0 Å². The van der Waals surface area contributed by atoms with E-state index in [4.69, 9.17) is 4.74 Å². The Balaban J connectivity index is 2.26. The van der Waals surface area contributed by atoms with E-state index in [0.717, 1.165) is 4.47 Å². The smallest absolute Gasteiger partial charge is 0.324 e. The number of rotatable bonds is 3. The van der Waals surface area contributed by atoms with E-state index in [9.17, 15) is 13.2 Å². The fraction of sp³-hybridized carbons (Fsp3) is 0.533. The number of nitrogens with zero attached hydrogens (tertiary/aromatic N) is 1. The quantitative estimate of drug-likeness (QED) is 0.745. The van der Waals surface area contributed by atoms with Gasteiger partial charge in [0.2, 0.25) is 10.0 Å². The van der Waals surface area contributed by atoms with Crippen LogP contribution in [0.2, 0.25) is 0 Å². The Morgan fingerprint density at radius 2 is 1.86 bits per heavy atom. The van der Waals surface area contributed by atoms with Gasteiger partial charge in [0.1, 0.15) is 11.6 Å². The van der Waals surface area contributed by atoms with Crippen LogP contribution in [0.25, 0.3) is 0 Å². The lowest BCUT2D eigenvalue weighted by atomic mass is 10.2. The molecule has 1 heterocycles. The van der Waals surface area contributed by atoms with Crippen molar-refractivity contribution in [3.05, 3.63) is 28.7 Å². The summed E-state index contributed by atoms with van der Waals surface area (Å²) in [5, 5.41) is 0. The first-order valence-corrected chi connectivity index (χ1v) is 9.35. The summed E-state index contributed by atoms with van der Waals surface area (Å²) in [5.74, 6) is -0.481. The first-order valence-electron chi connectivity index (χ1n) is 7.11. The second kappa shape index (κ2) is 6.29. The predicted octanol–water partition coefficient (Wildman–Crippen LogP) is 2.94. The predicted molar refractivity (Wildman–Crippen MR) is 86.9 cm³/mol. The van der Waals surface area contributed by atoms with E-state index in [1.807, 2.05) is 0 Å². The van der Waals surface area contributed by atoms with Gasteiger partial charge in [-0.1, -0.05) is 15.9 Å². The van der Waals surface area contributed by atoms with E-state index in [1.165, 1.54) is 16.4 Å². The summed E-state index contributed by atoms with van der Waals surface area (Å²) in [6, 6.07) is 5.66. The van der Waals surface area contributed by atoms with E-state index in [-0.39, 0.29) is 4.90 Å². The minimum Gasteiger partial charge on any atom is -0.459 e. The average Bonchev–Trinajstić information content (AvgIpc) is 2.87.